The van der Waals surface area contributed by atoms with Gasteiger partial charge in [0.25, 0.3) is 6.43 Å². The molecule has 8 heteroatoms. The van der Waals surface area contributed by atoms with Crippen molar-refractivity contribution < 1.29 is 13.7 Å². The van der Waals surface area contributed by atoms with Crippen LogP contribution in [0.3, 0.4) is 0 Å². The topological polar surface area (TPSA) is 56.0 Å². The molecule has 1 aromatic heterocycles. The molecule has 0 bridgehead atoms. The molecule has 0 unspecified atom stereocenters. The van der Waals surface area contributed by atoms with Crippen molar-refractivity contribution in [3.05, 3.63) is 29.1 Å². The van der Waals surface area contributed by atoms with Crippen LogP contribution in [0.5, 0.6) is 0 Å². The van der Waals surface area contributed by atoms with Gasteiger partial charge in [-0.25, -0.2) is 13.8 Å². The molecule has 0 N–H and O–H groups in total. The largest absolute Gasteiger partial charge is 0.309 e. The molecule has 0 spiro atoms. The normalized spacial score (nSPS) is 10.6. The Morgan fingerprint density at radius 1 is 1.50 bits per heavy atom. The summed E-state index contributed by atoms with van der Waals surface area (Å²) < 4.78 is 25.2. The van der Waals surface area contributed by atoms with E-state index in [1.165, 1.54) is 6.07 Å². The summed E-state index contributed by atoms with van der Waals surface area (Å²) in [6, 6.07) is 1.38. The lowest BCUT2D eigenvalue weighted by molar-refractivity contribution is -0.387. The van der Waals surface area contributed by atoms with Crippen LogP contribution in [-0.4, -0.2) is 9.91 Å². The minimum atomic E-state index is -2.93. The van der Waals surface area contributed by atoms with Crippen LogP contribution in [0.25, 0.3) is 0 Å². The smallest absolute Gasteiger partial charge is 0.258 e. The zero-order valence-corrected chi connectivity index (χ0v) is 10.7. The maximum atomic E-state index is 12.4. The average Bonchev–Trinajstić information content (AvgIpc) is 2.01. The summed E-state index contributed by atoms with van der Waals surface area (Å²) in [6.45, 7) is 0. The van der Waals surface area contributed by atoms with Crippen molar-refractivity contribution in [2.24, 2.45) is 0 Å². The molecule has 76 valence electrons. The molecule has 14 heavy (non-hydrogen) atoms. The van der Waals surface area contributed by atoms with Crippen molar-refractivity contribution in [3.63, 3.8) is 0 Å². The van der Waals surface area contributed by atoms with E-state index in [2.05, 4.69) is 4.98 Å². The lowest BCUT2D eigenvalue weighted by atomic mass is 10.3. The fourth-order valence-electron chi connectivity index (χ4n) is 0.828. The molecule has 0 aliphatic heterocycles. The summed E-state index contributed by atoms with van der Waals surface area (Å²) in [6.07, 6.45) is -2.93. The van der Waals surface area contributed by atoms with Crippen molar-refractivity contribution in [2.45, 2.75) is 6.43 Å². The second-order valence-corrected chi connectivity index (χ2v) is 4.49. The van der Waals surface area contributed by atoms with Gasteiger partial charge in [-0.05, 0) is 51.2 Å². The third-order valence-electron chi connectivity index (χ3n) is 1.33. The van der Waals surface area contributed by atoms with Gasteiger partial charge in [0, 0.05) is 0 Å². The van der Waals surface area contributed by atoms with E-state index in [0.717, 1.165) is 0 Å². The van der Waals surface area contributed by atoms with Crippen LogP contribution >= 0.6 is 45.2 Å². The first-order valence-corrected chi connectivity index (χ1v) is 5.37. The summed E-state index contributed by atoms with van der Waals surface area (Å²) in [5.74, 6) is 0. The van der Waals surface area contributed by atoms with Gasteiger partial charge < -0.3 is 0 Å². The van der Waals surface area contributed by atoms with Crippen molar-refractivity contribution >= 4 is 50.9 Å². The number of nitro groups is 1. The summed E-state index contributed by atoms with van der Waals surface area (Å²) in [5.41, 5.74) is -1.38. The Kier molecular flexibility index (Phi) is 3.92. The van der Waals surface area contributed by atoms with Gasteiger partial charge >= 0.3 is 5.69 Å². The Balaban J connectivity index is 3.44. The molecule has 0 aliphatic rings. The van der Waals surface area contributed by atoms with E-state index in [4.69, 9.17) is 0 Å². The van der Waals surface area contributed by atoms with E-state index in [-0.39, 0.29) is 3.57 Å². The Bertz CT molecular complexity index is 386. The van der Waals surface area contributed by atoms with Gasteiger partial charge in [-0.15, -0.1) is 0 Å². The Morgan fingerprint density at radius 2 is 2.07 bits per heavy atom. The fourth-order valence-corrected chi connectivity index (χ4v) is 2.76. The molecule has 0 saturated heterocycles. The molecular formula is C6H2F2I2N2O2. The lowest BCUT2D eigenvalue weighted by Gasteiger charge is -2.03. The zero-order valence-electron chi connectivity index (χ0n) is 6.38. The lowest BCUT2D eigenvalue weighted by Crippen LogP contribution is -2.03. The highest BCUT2D eigenvalue weighted by molar-refractivity contribution is 14.1. The van der Waals surface area contributed by atoms with Crippen LogP contribution in [-0.2, 0) is 0 Å². The van der Waals surface area contributed by atoms with E-state index in [1.54, 1.807) is 45.2 Å². The van der Waals surface area contributed by atoms with Crippen LogP contribution in [0.4, 0.5) is 14.5 Å². The standard InChI is InChI=1S/C6H2F2I2N2O2/c7-6(8)4-5(12(13)14)2(9)1-3(10)11-4/h1,6H. The first kappa shape index (κ1) is 11.9. The van der Waals surface area contributed by atoms with Gasteiger partial charge in [-0.2, -0.15) is 0 Å². The molecular weight excluding hydrogens is 424 g/mol. The number of rotatable bonds is 2. The third-order valence-corrected chi connectivity index (χ3v) is 2.71. The summed E-state index contributed by atoms with van der Waals surface area (Å²) in [4.78, 5) is 13.1. The summed E-state index contributed by atoms with van der Waals surface area (Å²) in [5, 5.41) is 10.5. The summed E-state index contributed by atoms with van der Waals surface area (Å²) in [7, 11) is 0. The van der Waals surface area contributed by atoms with Gasteiger partial charge in [-0.3, -0.25) is 10.1 Å². The van der Waals surface area contributed by atoms with Crippen LogP contribution in [0.2, 0.25) is 0 Å². The van der Waals surface area contributed by atoms with Gasteiger partial charge in [0.05, 0.1) is 8.49 Å². The van der Waals surface area contributed by atoms with E-state index in [0.29, 0.717) is 3.70 Å². The maximum Gasteiger partial charge on any atom is 0.309 e. The number of halogens is 4. The monoisotopic (exact) mass is 426 g/mol. The molecule has 1 heterocycles. The Morgan fingerprint density at radius 3 is 2.50 bits per heavy atom. The van der Waals surface area contributed by atoms with E-state index < -0.39 is 22.7 Å². The highest BCUT2D eigenvalue weighted by atomic mass is 127. The number of hydrogen-bond acceptors (Lipinski definition) is 3. The highest BCUT2D eigenvalue weighted by Gasteiger charge is 2.27. The Hall–Kier alpha value is -0.130. The second kappa shape index (κ2) is 4.59. The SMILES string of the molecule is O=[N+]([O-])c1c(I)cc(I)nc1C(F)F. The van der Waals surface area contributed by atoms with Crippen LogP contribution in [0.1, 0.15) is 12.1 Å². The highest BCUT2D eigenvalue weighted by Crippen LogP contribution is 2.31. The van der Waals surface area contributed by atoms with Crippen molar-refractivity contribution in [2.75, 3.05) is 0 Å². The first-order valence-electron chi connectivity index (χ1n) is 3.22. The predicted octanol–water partition coefficient (Wildman–Crippen LogP) is 3.14. The molecule has 0 amide bonds. The Labute approximate surface area is 105 Å². The fraction of sp³-hybridized carbons (Fsp3) is 0.167. The molecule has 0 saturated carbocycles. The molecule has 0 fully saturated rings. The van der Waals surface area contributed by atoms with Gasteiger partial charge in [0.2, 0.25) is 0 Å². The zero-order chi connectivity index (χ0) is 10.9. The van der Waals surface area contributed by atoms with Crippen LogP contribution in [0, 0.1) is 17.4 Å². The van der Waals surface area contributed by atoms with Crippen LogP contribution < -0.4 is 0 Å². The summed E-state index contributed by atoms with van der Waals surface area (Å²) >= 11 is 3.37. The molecule has 1 rings (SSSR count). The van der Waals surface area contributed by atoms with Gasteiger partial charge in [0.15, 0.2) is 5.69 Å². The third kappa shape index (κ3) is 2.46. The molecule has 4 nitrogen and oxygen atoms in total. The first-order chi connectivity index (χ1) is 6.43. The second-order valence-electron chi connectivity index (χ2n) is 2.22. The van der Waals surface area contributed by atoms with Crippen molar-refractivity contribution in [1.82, 2.24) is 4.98 Å². The number of hydrogen-bond donors (Lipinski definition) is 0. The number of nitrogens with zero attached hydrogens (tertiary/aromatic N) is 2. The number of pyridine rings is 1. The number of alkyl halides is 2. The maximum absolute atomic E-state index is 12.4. The molecule has 1 aromatic rings. The molecule has 0 aliphatic carbocycles. The average molecular weight is 426 g/mol. The van der Waals surface area contributed by atoms with Crippen molar-refractivity contribution in [3.8, 4) is 0 Å². The predicted molar refractivity (Wildman–Crippen MR) is 61.3 cm³/mol. The van der Waals surface area contributed by atoms with E-state index in [1.807, 2.05) is 0 Å². The van der Waals surface area contributed by atoms with Gasteiger partial charge in [0.1, 0.15) is 3.70 Å². The molecule has 0 radical (unpaired) electrons. The van der Waals surface area contributed by atoms with Gasteiger partial charge in [-0.1, -0.05) is 0 Å². The molecule has 0 atom stereocenters. The minimum absolute atomic E-state index is 0.169. The minimum Gasteiger partial charge on any atom is -0.258 e. The molecule has 0 aromatic carbocycles. The van der Waals surface area contributed by atoms with Crippen molar-refractivity contribution in [1.29, 1.82) is 0 Å². The number of aromatic nitrogens is 1. The quantitative estimate of drug-likeness (QED) is 0.316. The van der Waals surface area contributed by atoms with E-state index in [9.17, 15) is 18.9 Å². The van der Waals surface area contributed by atoms with E-state index >= 15 is 0 Å². The van der Waals surface area contributed by atoms with Crippen LogP contribution in [0.15, 0.2) is 6.07 Å².